The molecule has 0 radical (unpaired) electrons. The minimum Gasteiger partial charge on any atom is -0.507 e. The molecule has 1 unspecified atom stereocenters. The Hall–Kier alpha value is -4.46. The van der Waals surface area contributed by atoms with E-state index in [4.69, 9.17) is 18.9 Å². The first kappa shape index (κ1) is 26.6. The van der Waals surface area contributed by atoms with Crippen molar-refractivity contribution in [3.63, 3.8) is 0 Å². The fourth-order valence-electron chi connectivity index (χ4n) is 4.44. The summed E-state index contributed by atoms with van der Waals surface area (Å²) in [6, 6.07) is 18.4. The van der Waals surface area contributed by atoms with Crippen molar-refractivity contribution in [3.05, 3.63) is 89.0 Å². The third-order valence-electron chi connectivity index (χ3n) is 6.37. The lowest BCUT2D eigenvalue weighted by atomic mass is 9.95. The number of ether oxygens (including phenoxy) is 4. The fourth-order valence-corrected chi connectivity index (χ4v) is 4.44. The maximum Gasteiger partial charge on any atom is 0.295 e. The maximum absolute atomic E-state index is 13.4. The van der Waals surface area contributed by atoms with Gasteiger partial charge in [-0.3, -0.25) is 9.59 Å². The monoisotopic (exact) mass is 517 g/mol. The molecule has 1 N–H and O–H groups in total. The lowest BCUT2D eigenvalue weighted by Crippen LogP contribution is -2.29. The Balaban J connectivity index is 1.78. The summed E-state index contributed by atoms with van der Waals surface area (Å²) in [6.07, 6.45) is 0.868. The molecule has 1 aliphatic rings. The van der Waals surface area contributed by atoms with E-state index >= 15 is 0 Å². The molecule has 1 aliphatic heterocycles. The van der Waals surface area contributed by atoms with Crippen LogP contribution in [0.4, 0.5) is 0 Å². The van der Waals surface area contributed by atoms with E-state index in [1.165, 1.54) is 12.0 Å². The summed E-state index contributed by atoms with van der Waals surface area (Å²) in [5.74, 6) is 0.641. The molecule has 1 fully saturated rings. The van der Waals surface area contributed by atoms with Crippen LogP contribution in [-0.2, 0) is 16.1 Å². The zero-order valence-corrected chi connectivity index (χ0v) is 21.9. The highest BCUT2D eigenvalue weighted by Crippen LogP contribution is 2.41. The Bertz CT molecular complexity index is 1330. The van der Waals surface area contributed by atoms with E-state index in [1.807, 2.05) is 6.92 Å². The molecule has 8 nitrogen and oxygen atoms in total. The molecule has 1 heterocycles. The lowest BCUT2D eigenvalue weighted by molar-refractivity contribution is -0.140. The van der Waals surface area contributed by atoms with Gasteiger partial charge in [0.25, 0.3) is 11.7 Å². The molecule has 1 amide bonds. The third kappa shape index (κ3) is 5.29. The van der Waals surface area contributed by atoms with E-state index in [9.17, 15) is 14.7 Å². The Morgan fingerprint density at radius 2 is 1.50 bits per heavy atom. The van der Waals surface area contributed by atoms with Crippen LogP contribution in [0.1, 0.15) is 36.1 Å². The molecular formula is C30H31NO7. The lowest BCUT2D eigenvalue weighted by Gasteiger charge is -2.26. The van der Waals surface area contributed by atoms with Crippen LogP contribution >= 0.6 is 0 Å². The number of nitrogens with zero attached hydrogens (tertiary/aromatic N) is 1. The zero-order chi connectivity index (χ0) is 27.2. The number of Topliss-reactive ketones (excluding diaryl/α,β-unsaturated/α-hetero) is 1. The number of aliphatic hydroxyl groups is 1. The second kappa shape index (κ2) is 11.7. The molecule has 4 rings (SSSR count). The number of hydrogen-bond acceptors (Lipinski definition) is 7. The number of aliphatic hydroxyl groups excluding tert-OH is 1. The molecule has 0 aromatic heterocycles. The topological polar surface area (TPSA) is 94.5 Å². The maximum atomic E-state index is 13.4. The SMILES string of the molecule is CCCOc1ccc(/C(O)=C2\C(=O)C(=O)N(Cc3ccc(OC)c(OC)c3)C2c2ccc(OC)cc2)cc1. The van der Waals surface area contributed by atoms with Gasteiger partial charge in [0.05, 0.1) is 39.6 Å². The van der Waals surface area contributed by atoms with Crippen LogP contribution in [0.5, 0.6) is 23.0 Å². The average molecular weight is 518 g/mol. The summed E-state index contributed by atoms with van der Waals surface area (Å²) in [5, 5.41) is 11.3. The van der Waals surface area contributed by atoms with Gasteiger partial charge in [-0.2, -0.15) is 0 Å². The molecule has 0 bridgehead atoms. The van der Waals surface area contributed by atoms with Crippen LogP contribution in [-0.4, -0.2) is 49.6 Å². The number of ketones is 1. The summed E-state index contributed by atoms with van der Waals surface area (Å²) in [4.78, 5) is 28.2. The van der Waals surface area contributed by atoms with E-state index in [2.05, 4.69) is 0 Å². The highest BCUT2D eigenvalue weighted by atomic mass is 16.5. The van der Waals surface area contributed by atoms with Gasteiger partial charge in [0.2, 0.25) is 0 Å². The Kier molecular flexibility index (Phi) is 8.21. The molecule has 0 aliphatic carbocycles. The second-order valence-electron chi connectivity index (χ2n) is 8.76. The minimum absolute atomic E-state index is 0.0165. The van der Waals surface area contributed by atoms with Crippen molar-refractivity contribution in [2.24, 2.45) is 0 Å². The second-order valence-corrected chi connectivity index (χ2v) is 8.76. The van der Waals surface area contributed by atoms with Crippen LogP contribution in [0, 0.1) is 0 Å². The molecule has 38 heavy (non-hydrogen) atoms. The largest absolute Gasteiger partial charge is 0.507 e. The van der Waals surface area contributed by atoms with Gasteiger partial charge in [0.1, 0.15) is 17.3 Å². The van der Waals surface area contributed by atoms with Crippen molar-refractivity contribution in [2.75, 3.05) is 27.9 Å². The predicted octanol–water partition coefficient (Wildman–Crippen LogP) is 5.12. The van der Waals surface area contributed by atoms with E-state index in [0.29, 0.717) is 40.7 Å². The highest BCUT2D eigenvalue weighted by Gasteiger charge is 2.46. The Morgan fingerprint density at radius 1 is 0.842 bits per heavy atom. The Morgan fingerprint density at radius 3 is 2.11 bits per heavy atom. The first-order valence-electron chi connectivity index (χ1n) is 12.3. The summed E-state index contributed by atoms with van der Waals surface area (Å²) in [5.41, 5.74) is 1.83. The van der Waals surface area contributed by atoms with Crippen LogP contribution in [0.25, 0.3) is 5.76 Å². The number of benzene rings is 3. The molecule has 8 heteroatoms. The number of carbonyl (C=O) groups excluding carboxylic acids is 2. The van der Waals surface area contributed by atoms with E-state index in [1.54, 1.807) is 80.9 Å². The predicted molar refractivity (Wildman–Crippen MR) is 143 cm³/mol. The summed E-state index contributed by atoms with van der Waals surface area (Å²) < 4.78 is 21.6. The van der Waals surface area contributed by atoms with Crippen molar-refractivity contribution in [1.29, 1.82) is 0 Å². The van der Waals surface area contributed by atoms with Crippen molar-refractivity contribution in [2.45, 2.75) is 25.9 Å². The van der Waals surface area contributed by atoms with Crippen LogP contribution in [0.15, 0.2) is 72.3 Å². The van der Waals surface area contributed by atoms with E-state index in [0.717, 1.165) is 12.0 Å². The quantitative estimate of drug-likeness (QED) is 0.227. The number of amides is 1. The van der Waals surface area contributed by atoms with Crippen molar-refractivity contribution in [3.8, 4) is 23.0 Å². The van der Waals surface area contributed by atoms with Gasteiger partial charge >= 0.3 is 0 Å². The number of rotatable bonds is 10. The molecule has 3 aromatic rings. The van der Waals surface area contributed by atoms with Gasteiger partial charge in [-0.25, -0.2) is 0 Å². The molecule has 3 aromatic carbocycles. The first-order valence-corrected chi connectivity index (χ1v) is 12.3. The van der Waals surface area contributed by atoms with Gasteiger partial charge in [-0.05, 0) is 66.1 Å². The minimum atomic E-state index is -0.815. The van der Waals surface area contributed by atoms with Gasteiger partial charge in [-0.1, -0.05) is 25.1 Å². The van der Waals surface area contributed by atoms with E-state index < -0.39 is 17.7 Å². The van der Waals surface area contributed by atoms with Crippen LogP contribution < -0.4 is 18.9 Å². The smallest absolute Gasteiger partial charge is 0.295 e. The molecule has 1 atom stereocenters. The molecule has 1 saturated heterocycles. The van der Waals surface area contributed by atoms with Crippen molar-refractivity contribution in [1.82, 2.24) is 4.90 Å². The molecule has 198 valence electrons. The molecule has 0 saturated carbocycles. The molecular weight excluding hydrogens is 486 g/mol. The summed E-state index contributed by atoms with van der Waals surface area (Å²) in [6.45, 7) is 2.70. The van der Waals surface area contributed by atoms with Crippen LogP contribution in [0.3, 0.4) is 0 Å². The van der Waals surface area contributed by atoms with Gasteiger partial charge in [-0.15, -0.1) is 0 Å². The number of methoxy groups -OCH3 is 3. The van der Waals surface area contributed by atoms with Crippen LogP contribution in [0.2, 0.25) is 0 Å². The first-order chi connectivity index (χ1) is 18.4. The van der Waals surface area contributed by atoms with Crippen molar-refractivity contribution < 1.29 is 33.6 Å². The average Bonchev–Trinajstić information content (AvgIpc) is 3.20. The number of carbonyl (C=O) groups is 2. The zero-order valence-electron chi connectivity index (χ0n) is 21.9. The standard InChI is InChI=1S/C30H31NO7/c1-5-16-38-23-13-9-21(10-14-23)28(32)26-27(20-7-11-22(35-2)12-8-20)31(30(34)29(26)33)18-19-6-15-24(36-3)25(17-19)37-4/h6-15,17,27,32H,5,16,18H2,1-4H3/b28-26+. The normalized spacial score (nSPS) is 16.4. The Labute approximate surface area is 222 Å². The third-order valence-corrected chi connectivity index (χ3v) is 6.37. The number of likely N-dealkylation sites (tertiary alicyclic amines) is 1. The highest BCUT2D eigenvalue weighted by molar-refractivity contribution is 6.46. The number of hydrogen-bond donors (Lipinski definition) is 1. The van der Waals surface area contributed by atoms with Gasteiger partial charge in [0, 0.05) is 12.1 Å². The van der Waals surface area contributed by atoms with Gasteiger partial charge in [0.15, 0.2) is 11.5 Å². The summed E-state index contributed by atoms with van der Waals surface area (Å²) >= 11 is 0. The summed E-state index contributed by atoms with van der Waals surface area (Å²) in [7, 11) is 4.64. The molecule has 0 spiro atoms. The van der Waals surface area contributed by atoms with Gasteiger partial charge < -0.3 is 29.0 Å². The fraction of sp³-hybridized carbons (Fsp3) is 0.267. The van der Waals surface area contributed by atoms with E-state index in [-0.39, 0.29) is 17.9 Å². The van der Waals surface area contributed by atoms with Crippen molar-refractivity contribution >= 4 is 17.4 Å².